The molecule has 25 heavy (non-hydrogen) atoms. The lowest BCUT2D eigenvalue weighted by Gasteiger charge is -2.35. The summed E-state index contributed by atoms with van der Waals surface area (Å²) in [5, 5.41) is 0.771. The summed E-state index contributed by atoms with van der Waals surface area (Å²) in [5.41, 5.74) is 1.03. The van der Waals surface area contributed by atoms with Crippen LogP contribution in [0.2, 0.25) is 18.1 Å². The number of hydrogen-bond donors (Lipinski definition) is 0. The highest BCUT2D eigenvalue weighted by Gasteiger charge is 2.45. The Morgan fingerprint density at radius 1 is 1.16 bits per heavy atom. The van der Waals surface area contributed by atoms with Gasteiger partial charge in [0, 0.05) is 11.7 Å². The van der Waals surface area contributed by atoms with Crippen LogP contribution in [0.5, 0.6) is 0 Å². The summed E-state index contributed by atoms with van der Waals surface area (Å²) in [6, 6.07) is 9.52. The molecule has 1 aromatic rings. The standard InChI is InChI=1S/C19H29NO3SSi/c1-5-25(6-2,7-3)19(15-21)18-9-8-14-20(18)24(22,23)17-12-10-16(4)11-13-17/h10-13,18H,5-9,14H2,1-4H3/t18-/m0/s1. The molecule has 0 aliphatic carbocycles. The summed E-state index contributed by atoms with van der Waals surface area (Å²) in [4.78, 5) is 12.2. The molecule has 0 amide bonds. The third-order valence-electron chi connectivity index (χ3n) is 5.88. The second kappa shape index (κ2) is 8.00. The minimum absolute atomic E-state index is 0.310. The fraction of sp³-hybridized carbons (Fsp3) is 0.579. The lowest BCUT2D eigenvalue weighted by atomic mass is 10.2. The maximum atomic E-state index is 13.2. The Kier molecular flexibility index (Phi) is 6.44. The molecule has 138 valence electrons. The van der Waals surface area contributed by atoms with E-state index in [0.29, 0.717) is 11.4 Å². The molecular weight excluding hydrogens is 350 g/mol. The number of sulfonamides is 1. The number of rotatable bonds is 7. The van der Waals surface area contributed by atoms with E-state index in [9.17, 15) is 13.2 Å². The van der Waals surface area contributed by atoms with Crippen LogP contribution in [0.3, 0.4) is 0 Å². The zero-order valence-corrected chi connectivity index (χ0v) is 17.5. The molecule has 0 bridgehead atoms. The predicted octanol–water partition coefficient (Wildman–Crippen LogP) is 3.95. The third-order valence-corrected chi connectivity index (χ3v) is 13.4. The first-order valence-electron chi connectivity index (χ1n) is 9.20. The van der Waals surface area contributed by atoms with Gasteiger partial charge >= 0.3 is 0 Å². The van der Waals surface area contributed by atoms with Crippen molar-refractivity contribution < 1.29 is 13.2 Å². The van der Waals surface area contributed by atoms with Crippen LogP contribution in [-0.2, 0) is 14.8 Å². The monoisotopic (exact) mass is 379 g/mol. The van der Waals surface area contributed by atoms with E-state index < -0.39 is 18.1 Å². The highest BCUT2D eigenvalue weighted by atomic mass is 32.2. The fourth-order valence-electron chi connectivity index (χ4n) is 4.01. The van der Waals surface area contributed by atoms with Gasteiger partial charge in [-0.25, -0.2) is 13.2 Å². The van der Waals surface area contributed by atoms with Gasteiger partial charge in [-0.1, -0.05) is 56.6 Å². The van der Waals surface area contributed by atoms with Crippen molar-refractivity contribution >= 4 is 24.0 Å². The van der Waals surface area contributed by atoms with Gasteiger partial charge in [0.05, 0.1) is 19.0 Å². The molecule has 0 saturated carbocycles. The topological polar surface area (TPSA) is 54.5 Å². The average Bonchev–Trinajstić information content (AvgIpc) is 3.10. The smallest absolute Gasteiger partial charge is 0.234 e. The van der Waals surface area contributed by atoms with E-state index >= 15 is 0 Å². The van der Waals surface area contributed by atoms with Crippen LogP contribution in [-0.4, -0.2) is 39.3 Å². The molecular formula is C19H29NO3SSi. The van der Waals surface area contributed by atoms with Gasteiger partial charge < -0.3 is 0 Å². The summed E-state index contributed by atoms with van der Waals surface area (Å²) >= 11 is 0. The molecule has 6 heteroatoms. The predicted molar refractivity (Wildman–Crippen MR) is 104 cm³/mol. The normalized spacial score (nSPS) is 19.0. The molecule has 0 N–H and O–H groups in total. The van der Waals surface area contributed by atoms with E-state index in [2.05, 4.69) is 26.7 Å². The van der Waals surface area contributed by atoms with Gasteiger partial charge in [-0.05, 0) is 31.9 Å². The molecule has 0 spiro atoms. The van der Waals surface area contributed by atoms with Gasteiger partial charge in [-0.3, -0.25) is 0 Å². The Morgan fingerprint density at radius 2 is 1.72 bits per heavy atom. The number of carbonyl (C=O) groups excluding carboxylic acids is 1. The Hall–Kier alpha value is -1.20. The summed E-state index contributed by atoms with van der Waals surface area (Å²) in [6.07, 6.45) is 1.52. The second-order valence-corrected chi connectivity index (χ2v) is 14.1. The van der Waals surface area contributed by atoms with Crippen LogP contribution in [0.25, 0.3) is 0 Å². The maximum Gasteiger partial charge on any atom is 0.243 e. The fourth-order valence-corrected chi connectivity index (χ4v) is 9.64. The molecule has 4 nitrogen and oxygen atoms in total. The first kappa shape index (κ1) is 20.1. The Bertz CT molecular complexity index is 739. The minimum Gasteiger partial charge on any atom is -0.234 e. The largest absolute Gasteiger partial charge is 0.243 e. The van der Waals surface area contributed by atoms with Crippen LogP contribution < -0.4 is 0 Å². The van der Waals surface area contributed by atoms with Gasteiger partial charge in [0.1, 0.15) is 5.94 Å². The first-order valence-corrected chi connectivity index (χ1v) is 13.3. The molecule has 1 aliphatic heterocycles. The number of hydrogen-bond acceptors (Lipinski definition) is 3. The Labute approximate surface area is 153 Å². The summed E-state index contributed by atoms with van der Waals surface area (Å²) < 4.78 is 27.9. The van der Waals surface area contributed by atoms with E-state index in [1.165, 1.54) is 0 Å². The molecule has 0 aromatic heterocycles. The molecule has 1 aliphatic rings. The molecule has 1 heterocycles. The summed E-state index contributed by atoms with van der Waals surface area (Å²) in [6.45, 7) is 8.80. The lowest BCUT2D eigenvalue weighted by molar-refractivity contribution is 0.426. The van der Waals surface area contributed by atoms with E-state index in [4.69, 9.17) is 0 Å². The zero-order chi connectivity index (χ0) is 18.7. The van der Waals surface area contributed by atoms with Crippen molar-refractivity contribution in [1.29, 1.82) is 0 Å². The molecule has 1 fully saturated rings. The Balaban J connectivity index is 2.45. The van der Waals surface area contributed by atoms with Crippen molar-refractivity contribution in [2.75, 3.05) is 6.54 Å². The van der Waals surface area contributed by atoms with Crippen molar-refractivity contribution in [3.8, 4) is 0 Å². The summed E-state index contributed by atoms with van der Waals surface area (Å²) in [5.74, 6) is 2.22. The molecule has 0 unspecified atom stereocenters. The van der Waals surface area contributed by atoms with Crippen LogP contribution >= 0.6 is 0 Å². The van der Waals surface area contributed by atoms with Crippen molar-refractivity contribution in [1.82, 2.24) is 4.31 Å². The van der Waals surface area contributed by atoms with Crippen LogP contribution in [0, 0.1) is 6.92 Å². The SMILES string of the molecule is CC[Si](CC)(CC)C(=C=O)[C@@H]1CCCN1S(=O)(=O)c1ccc(C)cc1. The van der Waals surface area contributed by atoms with Crippen LogP contribution in [0.15, 0.2) is 34.4 Å². The van der Waals surface area contributed by atoms with E-state index in [1.807, 2.05) is 19.1 Å². The number of benzene rings is 1. The van der Waals surface area contributed by atoms with Gasteiger partial charge in [0.25, 0.3) is 0 Å². The highest BCUT2D eigenvalue weighted by molar-refractivity contribution is 7.89. The van der Waals surface area contributed by atoms with Crippen molar-refractivity contribution in [3.05, 3.63) is 35.0 Å². The number of nitrogens with zero attached hydrogens (tertiary/aromatic N) is 1. The van der Waals surface area contributed by atoms with Crippen LogP contribution in [0.4, 0.5) is 0 Å². The van der Waals surface area contributed by atoms with Gasteiger partial charge in [-0.2, -0.15) is 4.31 Å². The average molecular weight is 380 g/mol. The Morgan fingerprint density at radius 3 is 2.20 bits per heavy atom. The molecule has 1 atom stereocenters. The highest BCUT2D eigenvalue weighted by Crippen LogP contribution is 2.37. The van der Waals surface area contributed by atoms with Crippen molar-refractivity contribution in [2.24, 2.45) is 0 Å². The number of aryl methyl sites for hydroxylation is 1. The minimum atomic E-state index is -3.59. The van der Waals surface area contributed by atoms with Crippen molar-refractivity contribution in [2.45, 2.75) is 69.6 Å². The van der Waals surface area contributed by atoms with E-state index in [-0.39, 0.29) is 6.04 Å². The van der Waals surface area contributed by atoms with Gasteiger partial charge in [0.2, 0.25) is 10.0 Å². The third kappa shape index (κ3) is 3.68. The molecule has 0 radical (unpaired) electrons. The zero-order valence-electron chi connectivity index (χ0n) is 15.7. The lowest BCUT2D eigenvalue weighted by Crippen LogP contribution is -2.46. The maximum absolute atomic E-state index is 13.2. The molecule has 2 rings (SSSR count). The van der Waals surface area contributed by atoms with Gasteiger partial charge in [-0.15, -0.1) is 0 Å². The second-order valence-electron chi connectivity index (χ2n) is 6.94. The van der Waals surface area contributed by atoms with Crippen LogP contribution in [0.1, 0.15) is 39.2 Å². The molecule has 1 saturated heterocycles. The molecule has 1 aromatic carbocycles. The quantitative estimate of drug-likeness (QED) is 0.532. The van der Waals surface area contributed by atoms with E-state index in [1.54, 1.807) is 16.4 Å². The summed E-state index contributed by atoms with van der Waals surface area (Å²) in [7, 11) is -5.54. The van der Waals surface area contributed by atoms with Crippen molar-refractivity contribution in [3.63, 3.8) is 0 Å². The van der Waals surface area contributed by atoms with Gasteiger partial charge in [0.15, 0.2) is 0 Å². The first-order chi connectivity index (χ1) is 11.9. The van der Waals surface area contributed by atoms with E-state index in [0.717, 1.165) is 41.7 Å².